The minimum absolute atomic E-state index is 0.569. The second-order valence-electron chi connectivity index (χ2n) is 2.09. The van der Waals surface area contributed by atoms with Crippen molar-refractivity contribution >= 4 is 0 Å². The van der Waals surface area contributed by atoms with Gasteiger partial charge < -0.3 is 4.90 Å². The van der Waals surface area contributed by atoms with E-state index in [-0.39, 0.29) is 0 Å². The number of hydrogen-bond donors (Lipinski definition) is 2. The van der Waals surface area contributed by atoms with Gasteiger partial charge in [0.05, 0.1) is 14.1 Å². The molecule has 0 aromatic rings. The van der Waals surface area contributed by atoms with Crippen LogP contribution in [0.5, 0.6) is 0 Å². The summed E-state index contributed by atoms with van der Waals surface area (Å²) in [7, 11) is 6.22. The smallest absolute Gasteiger partial charge is 0.137 e. The Kier molecular flexibility index (Phi) is 2.96. The van der Waals surface area contributed by atoms with Crippen molar-refractivity contribution < 1.29 is 4.90 Å². The van der Waals surface area contributed by atoms with E-state index in [1.54, 1.807) is 0 Å². The first-order valence-corrected chi connectivity index (χ1v) is 2.65. The summed E-state index contributed by atoms with van der Waals surface area (Å²) in [5.41, 5.74) is 0. The molecule has 0 spiro atoms. The molecule has 0 saturated carbocycles. The van der Waals surface area contributed by atoms with E-state index in [9.17, 15) is 0 Å². The van der Waals surface area contributed by atoms with Crippen molar-refractivity contribution in [2.75, 3.05) is 21.1 Å². The molecule has 0 aliphatic rings. The maximum absolute atomic E-state index is 3.13. The van der Waals surface area contributed by atoms with Crippen LogP contribution in [0.3, 0.4) is 0 Å². The van der Waals surface area contributed by atoms with Gasteiger partial charge in [0, 0.05) is 6.92 Å². The van der Waals surface area contributed by atoms with Crippen molar-refractivity contribution in [2.45, 2.75) is 13.1 Å². The highest BCUT2D eigenvalue weighted by Gasteiger charge is 1.99. The van der Waals surface area contributed by atoms with E-state index in [0.717, 1.165) is 0 Å². The van der Waals surface area contributed by atoms with Gasteiger partial charge in [-0.25, -0.2) is 0 Å². The Morgan fingerprint density at radius 3 is 1.86 bits per heavy atom. The van der Waals surface area contributed by atoms with Crippen molar-refractivity contribution in [3.8, 4) is 0 Å². The zero-order valence-corrected chi connectivity index (χ0v) is 5.58. The Labute approximate surface area is 45.5 Å². The van der Waals surface area contributed by atoms with Gasteiger partial charge in [0.25, 0.3) is 0 Å². The zero-order chi connectivity index (χ0) is 5.86. The summed E-state index contributed by atoms with van der Waals surface area (Å²) in [6, 6.07) is 0. The first kappa shape index (κ1) is 6.92. The quantitative estimate of drug-likeness (QED) is 0.415. The topological polar surface area (TPSA) is 16.5 Å². The predicted molar refractivity (Wildman–Crippen MR) is 31.3 cm³/mol. The fourth-order valence-corrected chi connectivity index (χ4v) is 0.289. The molecule has 7 heavy (non-hydrogen) atoms. The first-order chi connectivity index (χ1) is 3.18. The van der Waals surface area contributed by atoms with E-state index in [1.165, 1.54) is 4.90 Å². The lowest BCUT2D eigenvalue weighted by atomic mass is 10.5. The van der Waals surface area contributed by atoms with Crippen LogP contribution in [0.15, 0.2) is 0 Å². The van der Waals surface area contributed by atoms with Crippen LogP contribution in [-0.2, 0) is 0 Å². The second kappa shape index (κ2) is 2.99. The van der Waals surface area contributed by atoms with Gasteiger partial charge >= 0.3 is 0 Å². The van der Waals surface area contributed by atoms with Crippen molar-refractivity contribution in [3.63, 3.8) is 0 Å². The van der Waals surface area contributed by atoms with Gasteiger partial charge in [-0.2, -0.15) is 0 Å². The molecule has 2 heteroatoms. The summed E-state index contributed by atoms with van der Waals surface area (Å²) >= 11 is 0. The molecule has 2 N–H and O–H groups in total. The largest absolute Gasteiger partial charge is 0.325 e. The Bertz CT molecular complexity index is 43.3. The molecule has 0 aliphatic carbocycles. The van der Waals surface area contributed by atoms with Crippen molar-refractivity contribution in [3.05, 3.63) is 0 Å². The van der Waals surface area contributed by atoms with Gasteiger partial charge in [0.15, 0.2) is 0 Å². The molecule has 0 aliphatic heterocycles. The minimum atomic E-state index is 0.569. The summed E-state index contributed by atoms with van der Waals surface area (Å²) in [6.45, 7) is 2.15. The third kappa shape index (κ3) is 2.60. The summed E-state index contributed by atoms with van der Waals surface area (Å²) in [6.07, 6.45) is 0.569. The zero-order valence-electron chi connectivity index (χ0n) is 5.58. The van der Waals surface area contributed by atoms with Crippen LogP contribution in [0.2, 0.25) is 0 Å². The summed E-state index contributed by atoms with van der Waals surface area (Å²) in [4.78, 5) is 1.43. The molecule has 1 atom stereocenters. The molecule has 0 heterocycles. The van der Waals surface area contributed by atoms with Crippen LogP contribution < -0.4 is 10.2 Å². The number of rotatable bonds is 2. The van der Waals surface area contributed by atoms with Gasteiger partial charge in [-0.05, 0) is 7.05 Å². The van der Waals surface area contributed by atoms with Crippen LogP contribution in [0.25, 0.3) is 0 Å². The van der Waals surface area contributed by atoms with Crippen molar-refractivity contribution in [1.29, 1.82) is 0 Å². The van der Waals surface area contributed by atoms with Crippen LogP contribution in [0, 0.1) is 0 Å². The summed E-state index contributed by atoms with van der Waals surface area (Å²) in [5, 5.41) is 3.13. The van der Waals surface area contributed by atoms with Crippen molar-refractivity contribution in [1.82, 2.24) is 5.32 Å². The highest BCUT2D eigenvalue weighted by Crippen LogP contribution is 1.54. The maximum Gasteiger partial charge on any atom is 0.137 e. The normalized spacial score (nSPS) is 15.0. The molecule has 0 rings (SSSR count). The Morgan fingerprint density at radius 2 is 1.86 bits per heavy atom. The van der Waals surface area contributed by atoms with Gasteiger partial charge in [0.1, 0.15) is 6.17 Å². The average molecular weight is 103 g/mol. The monoisotopic (exact) mass is 103 g/mol. The highest BCUT2D eigenvalue weighted by atomic mass is 15.2. The van der Waals surface area contributed by atoms with E-state index >= 15 is 0 Å². The number of nitrogens with one attached hydrogen (secondary N) is 2. The Morgan fingerprint density at radius 1 is 1.43 bits per heavy atom. The fourth-order valence-electron chi connectivity index (χ4n) is 0.289. The van der Waals surface area contributed by atoms with Gasteiger partial charge in [-0.3, -0.25) is 5.32 Å². The summed E-state index contributed by atoms with van der Waals surface area (Å²) < 4.78 is 0. The molecule has 0 saturated heterocycles. The van der Waals surface area contributed by atoms with Gasteiger partial charge in [-0.1, -0.05) is 0 Å². The molecule has 0 radical (unpaired) electrons. The standard InChI is InChI=1S/C5H14N2/c1-5(6-2)7(3)4/h5-6H,1-4H3/p+1. The molecule has 2 nitrogen and oxygen atoms in total. The van der Waals surface area contributed by atoms with E-state index < -0.39 is 0 Å². The van der Waals surface area contributed by atoms with Gasteiger partial charge in [-0.15, -0.1) is 0 Å². The van der Waals surface area contributed by atoms with Crippen LogP contribution in [-0.4, -0.2) is 27.3 Å². The lowest BCUT2D eigenvalue weighted by Gasteiger charge is -2.14. The fraction of sp³-hybridized carbons (Fsp3) is 1.00. The molecule has 0 amide bonds. The van der Waals surface area contributed by atoms with E-state index in [2.05, 4.69) is 26.3 Å². The highest BCUT2D eigenvalue weighted by molar-refractivity contribution is 4.30. The van der Waals surface area contributed by atoms with E-state index in [1.807, 2.05) is 7.05 Å². The van der Waals surface area contributed by atoms with E-state index in [4.69, 9.17) is 0 Å². The third-order valence-corrected chi connectivity index (χ3v) is 1.30. The molecular formula is C5H15N2+. The molecule has 1 unspecified atom stereocenters. The molecule has 44 valence electrons. The molecule has 0 aromatic carbocycles. The number of hydrogen-bond acceptors (Lipinski definition) is 1. The van der Waals surface area contributed by atoms with Crippen LogP contribution >= 0.6 is 0 Å². The van der Waals surface area contributed by atoms with Crippen LogP contribution in [0.4, 0.5) is 0 Å². The second-order valence-corrected chi connectivity index (χ2v) is 2.09. The molecule has 0 bridgehead atoms. The lowest BCUT2D eigenvalue weighted by molar-refractivity contribution is -0.886. The Balaban J connectivity index is 3.14. The first-order valence-electron chi connectivity index (χ1n) is 2.65. The third-order valence-electron chi connectivity index (χ3n) is 1.30. The van der Waals surface area contributed by atoms with Crippen LogP contribution in [0.1, 0.15) is 6.92 Å². The van der Waals surface area contributed by atoms with E-state index in [0.29, 0.717) is 6.17 Å². The molecule has 0 fully saturated rings. The SMILES string of the molecule is CNC(C)[NH+](C)C. The predicted octanol–water partition coefficient (Wildman–Crippen LogP) is -1.30. The lowest BCUT2D eigenvalue weighted by Crippen LogP contribution is -3.11. The Hall–Kier alpha value is -0.0800. The minimum Gasteiger partial charge on any atom is -0.325 e. The summed E-state index contributed by atoms with van der Waals surface area (Å²) in [5.74, 6) is 0. The van der Waals surface area contributed by atoms with Crippen molar-refractivity contribution in [2.24, 2.45) is 0 Å². The maximum atomic E-state index is 3.13. The molecule has 0 aromatic heterocycles. The molecular weight excluding hydrogens is 88.1 g/mol. The van der Waals surface area contributed by atoms with Gasteiger partial charge in [0.2, 0.25) is 0 Å². The number of quaternary nitrogens is 1. The average Bonchev–Trinajstić information content (AvgIpc) is 1.65.